The molecule has 0 radical (unpaired) electrons. The van der Waals surface area contributed by atoms with Crippen LogP contribution >= 0.6 is 11.8 Å². The summed E-state index contributed by atoms with van der Waals surface area (Å²) in [5, 5.41) is 9.59. The molecule has 26 heavy (non-hydrogen) atoms. The Hall–Kier alpha value is -1.92. The minimum atomic E-state index is -3.47. The molecule has 1 aromatic carbocycles. The molecule has 0 N–H and O–H groups in total. The summed E-state index contributed by atoms with van der Waals surface area (Å²) in [6.07, 6.45) is 1.44. The van der Waals surface area contributed by atoms with E-state index in [-0.39, 0.29) is 4.90 Å². The summed E-state index contributed by atoms with van der Waals surface area (Å²) in [5.41, 5.74) is 1.72. The molecule has 1 aromatic heterocycles. The Morgan fingerprint density at radius 2 is 1.81 bits per heavy atom. The highest BCUT2D eigenvalue weighted by molar-refractivity contribution is 7.98. The topological polar surface area (TPSA) is 77.3 Å². The summed E-state index contributed by atoms with van der Waals surface area (Å²) in [6, 6.07) is 12.9. The van der Waals surface area contributed by atoms with E-state index in [9.17, 15) is 8.42 Å². The van der Waals surface area contributed by atoms with Crippen LogP contribution in [0.5, 0.6) is 0 Å². The van der Waals surface area contributed by atoms with Gasteiger partial charge in [-0.25, -0.2) is 13.4 Å². The number of benzene rings is 1. The average molecular weight is 389 g/mol. The molecule has 0 unspecified atom stereocenters. The van der Waals surface area contributed by atoms with Crippen molar-refractivity contribution in [2.75, 3.05) is 33.2 Å². The lowest BCUT2D eigenvalue weighted by molar-refractivity contribution is 0.222. The number of rotatable bonds is 5. The number of nitriles is 1. The van der Waals surface area contributed by atoms with Crippen LogP contribution in [0.4, 0.5) is 0 Å². The molecule has 136 valence electrons. The smallest absolute Gasteiger partial charge is 0.244 e. The van der Waals surface area contributed by atoms with Gasteiger partial charge in [0.1, 0.15) is 4.90 Å². The van der Waals surface area contributed by atoms with Crippen LogP contribution in [0, 0.1) is 11.3 Å². The maximum absolute atomic E-state index is 12.7. The van der Waals surface area contributed by atoms with E-state index < -0.39 is 10.0 Å². The largest absolute Gasteiger partial charge is 0.304 e. The summed E-state index contributed by atoms with van der Waals surface area (Å²) in [4.78, 5) is 6.66. The number of thioether (sulfide) groups is 1. The number of sulfonamides is 1. The van der Waals surface area contributed by atoms with Gasteiger partial charge in [0.25, 0.3) is 0 Å². The van der Waals surface area contributed by atoms with Crippen molar-refractivity contribution in [1.29, 1.82) is 5.26 Å². The van der Waals surface area contributed by atoms with E-state index in [0.29, 0.717) is 24.4 Å². The van der Waals surface area contributed by atoms with Crippen LogP contribution in [0.25, 0.3) is 0 Å². The zero-order chi connectivity index (χ0) is 18.6. The van der Waals surface area contributed by atoms with Gasteiger partial charge >= 0.3 is 0 Å². The average Bonchev–Trinajstić information content (AvgIpc) is 2.67. The van der Waals surface area contributed by atoms with Crippen LogP contribution in [-0.4, -0.2) is 55.8 Å². The quantitative estimate of drug-likeness (QED) is 0.731. The number of piperazine rings is 1. The predicted octanol–water partition coefficient (Wildman–Crippen LogP) is 2.18. The van der Waals surface area contributed by atoms with E-state index in [1.54, 1.807) is 24.3 Å². The molecule has 0 spiro atoms. The molecule has 3 rings (SSSR count). The predicted molar refractivity (Wildman–Crippen MR) is 101 cm³/mol. The van der Waals surface area contributed by atoms with E-state index in [0.717, 1.165) is 23.7 Å². The van der Waals surface area contributed by atoms with Gasteiger partial charge in [-0.3, -0.25) is 0 Å². The van der Waals surface area contributed by atoms with Crippen molar-refractivity contribution in [2.45, 2.75) is 15.7 Å². The van der Waals surface area contributed by atoms with Crippen molar-refractivity contribution in [2.24, 2.45) is 0 Å². The van der Waals surface area contributed by atoms with Gasteiger partial charge in [0.15, 0.2) is 0 Å². The Morgan fingerprint density at radius 3 is 2.38 bits per heavy atom. The van der Waals surface area contributed by atoms with Crippen LogP contribution < -0.4 is 0 Å². The standard InChI is InChI=1S/C18H20N4O2S2/c1-21-8-10-22(11-9-21)26(23,24)17-6-7-18(20-13-17)25-14-16-4-2-15(12-19)3-5-16/h2-7,13H,8-11,14H2,1H3. The number of pyridine rings is 1. The van der Waals surface area contributed by atoms with Crippen LogP contribution in [0.3, 0.4) is 0 Å². The Labute approximate surface area is 158 Å². The fraction of sp³-hybridized carbons (Fsp3) is 0.333. The Kier molecular flexibility index (Phi) is 5.94. The number of nitrogens with zero attached hydrogens (tertiary/aromatic N) is 4. The normalized spacial score (nSPS) is 16.3. The highest BCUT2D eigenvalue weighted by Gasteiger charge is 2.27. The minimum absolute atomic E-state index is 0.241. The van der Waals surface area contributed by atoms with Gasteiger partial charge in [-0.15, -0.1) is 11.8 Å². The molecule has 1 saturated heterocycles. The van der Waals surface area contributed by atoms with E-state index >= 15 is 0 Å². The third kappa shape index (κ3) is 4.43. The van der Waals surface area contributed by atoms with Gasteiger partial charge in [-0.1, -0.05) is 12.1 Å². The zero-order valence-corrected chi connectivity index (χ0v) is 16.1. The van der Waals surface area contributed by atoms with Gasteiger partial charge in [0.2, 0.25) is 10.0 Å². The maximum atomic E-state index is 12.7. The molecule has 8 heteroatoms. The van der Waals surface area contributed by atoms with Gasteiger partial charge in [0.05, 0.1) is 16.7 Å². The second-order valence-electron chi connectivity index (χ2n) is 6.14. The number of aromatic nitrogens is 1. The summed E-state index contributed by atoms with van der Waals surface area (Å²) >= 11 is 1.53. The fourth-order valence-electron chi connectivity index (χ4n) is 2.62. The first-order valence-corrected chi connectivity index (χ1v) is 10.7. The van der Waals surface area contributed by atoms with Crippen molar-refractivity contribution in [3.8, 4) is 6.07 Å². The van der Waals surface area contributed by atoms with E-state index in [2.05, 4.69) is 16.0 Å². The first-order chi connectivity index (χ1) is 12.5. The fourth-order valence-corrected chi connectivity index (χ4v) is 4.78. The van der Waals surface area contributed by atoms with E-state index in [1.165, 1.54) is 22.3 Å². The molecule has 2 aromatic rings. The number of likely N-dealkylation sites (N-methyl/N-ethyl adjacent to an activating group) is 1. The van der Waals surface area contributed by atoms with Crippen molar-refractivity contribution < 1.29 is 8.42 Å². The minimum Gasteiger partial charge on any atom is -0.304 e. The molecule has 1 aliphatic rings. The monoisotopic (exact) mass is 388 g/mol. The lowest BCUT2D eigenvalue weighted by Crippen LogP contribution is -2.47. The highest BCUT2D eigenvalue weighted by Crippen LogP contribution is 2.23. The third-order valence-electron chi connectivity index (χ3n) is 4.28. The molecule has 6 nitrogen and oxygen atoms in total. The molecule has 0 bridgehead atoms. The second kappa shape index (κ2) is 8.18. The third-order valence-corrected chi connectivity index (χ3v) is 7.18. The molecular formula is C18H20N4O2S2. The van der Waals surface area contributed by atoms with Crippen LogP contribution in [-0.2, 0) is 15.8 Å². The summed E-state index contributed by atoms with van der Waals surface area (Å²) in [6.45, 7) is 2.50. The molecule has 2 heterocycles. The van der Waals surface area contributed by atoms with Crippen molar-refractivity contribution >= 4 is 21.8 Å². The molecule has 1 aliphatic heterocycles. The van der Waals surface area contributed by atoms with Crippen LogP contribution in [0.2, 0.25) is 0 Å². The van der Waals surface area contributed by atoms with Gasteiger partial charge < -0.3 is 4.90 Å². The Morgan fingerprint density at radius 1 is 1.12 bits per heavy atom. The molecule has 0 aliphatic carbocycles. The molecule has 0 atom stereocenters. The lowest BCUT2D eigenvalue weighted by Gasteiger charge is -2.31. The van der Waals surface area contributed by atoms with Gasteiger partial charge in [-0.2, -0.15) is 9.57 Å². The van der Waals surface area contributed by atoms with Crippen molar-refractivity contribution in [1.82, 2.24) is 14.2 Å². The Bertz CT molecular complexity index is 882. The lowest BCUT2D eigenvalue weighted by atomic mass is 10.2. The Balaban J connectivity index is 1.63. The van der Waals surface area contributed by atoms with Crippen molar-refractivity contribution in [3.05, 3.63) is 53.7 Å². The first-order valence-electron chi connectivity index (χ1n) is 8.25. The first kappa shape index (κ1) is 18.9. The van der Waals surface area contributed by atoms with Gasteiger partial charge in [-0.05, 0) is 36.9 Å². The number of hydrogen-bond donors (Lipinski definition) is 0. The summed E-state index contributed by atoms with van der Waals surface area (Å²) in [5.74, 6) is 0.712. The molecule has 1 fully saturated rings. The number of hydrogen-bond acceptors (Lipinski definition) is 6. The SMILES string of the molecule is CN1CCN(S(=O)(=O)c2ccc(SCc3ccc(C#N)cc3)nc2)CC1. The second-order valence-corrected chi connectivity index (χ2v) is 9.07. The van der Waals surface area contributed by atoms with Crippen LogP contribution in [0.1, 0.15) is 11.1 Å². The van der Waals surface area contributed by atoms with E-state index in [1.807, 2.05) is 19.2 Å². The van der Waals surface area contributed by atoms with Gasteiger partial charge in [0, 0.05) is 38.1 Å². The molecule has 0 amide bonds. The molecular weight excluding hydrogens is 368 g/mol. The maximum Gasteiger partial charge on any atom is 0.244 e. The summed E-state index contributed by atoms with van der Waals surface area (Å²) < 4.78 is 26.9. The molecule has 0 saturated carbocycles. The summed E-state index contributed by atoms with van der Waals surface area (Å²) in [7, 11) is -1.48. The van der Waals surface area contributed by atoms with E-state index in [4.69, 9.17) is 5.26 Å². The van der Waals surface area contributed by atoms with Crippen molar-refractivity contribution in [3.63, 3.8) is 0 Å². The van der Waals surface area contributed by atoms with Crippen LogP contribution in [0.15, 0.2) is 52.5 Å². The zero-order valence-electron chi connectivity index (χ0n) is 14.5. The highest BCUT2D eigenvalue weighted by atomic mass is 32.2.